The van der Waals surface area contributed by atoms with Crippen LogP contribution < -0.4 is 16.4 Å². The molecule has 4 rings (SSSR count). The van der Waals surface area contributed by atoms with Gasteiger partial charge in [0.05, 0.1) is 6.20 Å². The minimum atomic E-state index is -4.33. The van der Waals surface area contributed by atoms with Crippen molar-refractivity contribution in [3.05, 3.63) is 6.20 Å². The third kappa shape index (κ3) is 4.96. The molecule has 0 aliphatic heterocycles. The van der Waals surface area contributed by atoms with Crippen molar-refractivity contribution in [1.29, 1.82) is 0 Å². The van der Waals surface area contributed by atoms with Gasteiger partial charge in [0.25, 0.3) is 0 Å². The van der Waals surface area contributed by atoms with Crippen LogP contribution in [0.4, 0.5) is 25.1 Å². The van der Waals surface area contributed by atoms with E-state index in [1.807, 2.05) is 0 Å². The summed E-state index contributed by atoms with van der Waals surface area (Å²) in [4.78, 5) is 13.2. The number of anilines is 2. The first-order valence-electron chi connectivity index (χ1n) is 10.9. The fraction of sp³-hybridized carbons (Fsp3) is 0.750. The van der Waals surface area contributed by atoms with Gasteiger partial charge in [0, 0.05) is 18.1 Å². The molecule has 0 saturated heterocycles. The minimum Gasteiger partial charge on any atom is -0.353 e. The standard InChI is InChI=1S/C20H30F3N7/c1-12-3-2-4-14(9-12)27-19-28-16-10-25-18(26-11-20(21,22)23)29-17(16)30(19)15-7-5-13(24)6-8-15/h10,12-15H,2-9,11,24H2,1H3,(H,27,28)(H,25,26,29). The summed E-state index contributed by atoms with van der Waals surface area (Å²) >= 11 is 0. The molecule has 2 unspecified atom stereocenters. The van der Waals surface area contributed by atoms with Gasteiger partial charge < -0.3 is 16.4 Å². The average Bonchev–Trinajstić information content (AvgIpc) is 3.03. The molecule has 0 amide bonds. The Morgan fingerprint density at radius 2 is 1.90 bits per heavy atom. The van der Waals surface area contributed by atoms with Crippen LogP contribution in [-0.2, 0) is 0 Å². The van der Waals surface area contributed by atoms with E-state index in [2.05, 4.69) is 32.1 Å². The second-order valence-electron chi connectivity index (χ2n) is 8.86. The molecule has 2 aromatic rings. The van der Waals surface area contributed by atoms with Gasteiger partial charge in [-0.15, -0.1) is 0 Å². The van der Waals surface area contributed by atoms with E-state index in [1.165, 1.54) is 19.0 Å². The number of imidazole rings is 1. The second-order valence-corrected chi connectivity index (χ2v) is 8.86. The molecule has 2 heterocycles. The van der Waals surface area contributed by atoms with Gasteiger partial charge in [-0.3, -0.25) is 4.57 Å². The lowest BCUT2D eigenvalue weighted by atomic mass is 9.87. The maximum Gasteiger partial charge on any atom is 0.405 e. The summed E-state index contributed by atoms with van der Waals surface area (Å²) in [5.74, 6) is 1.37. The van der Waals surface area contributed by atoms with Gasteiger partial charge in [-0.25, -0.2) is 9.97 Å². The van der Waals surface area contributed by atoms with Gasteiger partial charge in [0.1, 0.15) is 12.1 Å². The van der Waals surface area contributed by atoms with E-state index in [4.69, 9.17) is 10.7 Å². The molecule has 30 heavy (non-hydrogen) atoms. The summed E-state index contributed by atoms with van der Waals surface area (Å²) in [6, 6.07) is 0.708. The highest BCUT2D eigenvalue weighted by Crippen LogP contribution is 2.35. The summed E-state index contributed by atoms with van der Waals surface area (Å²) in [7, 11) is 0. The number of fused-ring (bicyclic) bond motifs is 1. The molecular weight excluding hydrogens is 395 g/mol. The van der Waals surface area contributed by atoms with E-state index >= 15 is 0 Å². The molecule has 10 heteroatoms. The van der Waals surface area contributed by atoms with E-state index in [0.29, 0.717) is 23.1 Å². The molecule has 2 saturated carbocycles. The van der Waals surface area contributed by atoms with Crippen LogP contribution in [0.5, 0.6) is 0 Å². The van der Waals surface area contributed by atoms with Crippen LogP contribution in [0.1, 0.15) is 64.3 Å². The van der Waals surface area contributed by atoms with Crippen LogP contribution in [0, 0.1) is 5.92 Å². The van der Waals surface area contributed by atoms with Crippen molar-refractivity contribution >= 4 is 23.1 Å². The van der Waals surface area contributed by atoms with Gasteiger partial charge in [-0.1, -0.05) is 19.8 Å². The molecule has 2 aliphatic carbocycles. The summed E-state index contributed by atoms with van der Waals surface area (Å²) < 4.78 is 39.9. The topological polar surface area (TPSA) is 93.7 Å². The fourth-order valence-electron chi connectivity index (χ4n) is 4.71. The Hall–Kier alpha value is -2.10. The van der Waals surface area contributed by atoms with Gasteiger partial charge in [0.15, 0.2) is 5.65 Å². The van der Waals surface area contributed by atoms with Gasteiger partial charge >= 0.3 is 6.18 Å². The van der Waals surface area contributed by atoms with E-state index in [-0.39, 0.29) is 18.0 Å². The van der Waals surface area contributed by atoms with Gasteiger partial charge in [0.2, 0.25) is 11.9 Å². The van der Waals surface area contributed by atoms with E-state index in [9.17, 15) is 13.2 Å². The van der Waals surface area contributed by atoms with Crippen molar-refractivity contribution in [2.75, 3.05) is 17.2 Å². The van der Waals surface area contributed by atoms with Crippen molar-refractivity contribution in [2.45, 2.75) is 82.6 Å². The van der Waals surface area contributed by atoms with Crippen LogP contribution in [-0.4, -0.2) is 44.3 Å². The van der Waals surface area contributed by atoms with E-state index < -0.39 is 12.7 Å². The summed E-state index contributed by atoms with van der Waals surface area (Å²) in [5, 5.41) is 5.89. The number of alkyl halides is 3. The summed E-state index contributed by atoms with van der Waals surface area (Å²) in [6.07, 6.45) is 5.40. The second kappa shape index (κ2) is 8.56. The molecule has 0 aromatic carbocycles. The number of hydrogen-bond acceptors (Lipinski definition) is 6. The van der Waals surface area contributed by atoms with Gasteiger partial charge in [-0.05, 0) is 44.4 Å². The van der Waals surface area contributed by atoms with Crippen LogP contribution in [0.2, 0.25) is 0 Å². The Morgan fingerprint density at radius 1 is 1.13 bits per heavy atom. The number of nitrogens with zero attached hydrogens (tertiary/aromatic N) is 4. The first-order chi connectivity index (χ1) is 14.3. The van der Waals surface area contributed by atoms with Crippen LogP contribution in [0.25, 0.3) is 11.2 Å². The molecule has 2 aliphatic rings. The highest BCUT2D eigenvalue weighted by Gasteiger charge is 2.29. The predicted octanol–water partition coefficient (Wildman–Crippen LogP) is 4.23. The van der Waals surface area contributed by atoms with Crippen molar-refractivity contribution < 1.29 is 13.2 Å². The molecule has 166 valence electrons. The predicted molar refractivity (Wildman–Crippen MR) is 110 cm³/mol. The zero-order chi connectivity index (χ0) is 21.3. The summed E-state index contributed by atoms with van der Waals surface area (Å²) in [6.45, 7) is 1.10. The van der Waals surface area contributed by atoms with E-state index in [1.54, 1.807) is 0 Å². The lowest BCUT2D eigenvalue weighted by Gasteiger charge is -2.31. The van der Waals surface area contributed by atoms with Crippen molar-refractivity contribution in [3.63, 3.8) is 0 Å². The molecule has 2 atom stereocenters. The van der Waals surface area contributed by atoms with Crippen LogP contribution in [0.3, 0.4) is 0 Å². The Labute approximate surface area is 174 Å². The van der Waals surface area contributed by atoms with Gasteiger partial charge in [-0.2, -0.15) is 18.2 Å². The highest BCUT2D eigenvalue weighted by atomic mass is 19.4. The molecule has 2 aromatic heterocycles. The quantitative estimate of drug-likeness (QED) is 0.664. The smallest absolute Gasteiger partial charge is 0.353 e. The Bertz CT molecular complexity index is 858. The normalized spacial score (nSPS) is 27.9. The molecule has 0 spiro atoms. The maximum atomic E-state index is 12.6. The number of nitrogens with two attached hydrogens (primary N) is 1. The molecule has 0 radical (unpaired) electrons. The van der Waals surface area contributed by atoms with E-state index in [0.717, 1.165) is 44.5 Å². The van der Waals surface area contributed by atoms with Crippen molar-refractivity contribution in [2.24, 2.45) is 11.7 Å². The number of nitrogens with one attached hydrogen (secondary N) is 2. The first kappa shape index (κ1) is 21.1. The van der Waals surface area contributed by atoms with Crippen LogP contribution >= 0.6 is 0 Å². The molecule has 4 N–H and O–H groups in total. The number of rotatable bonds is 5. The molecule has 0 bridgehead atoms. The Kier molecular flexibility index (Phi) is 6.04. The molecular formula is C20H30F3N7. The summed E-state index contributed by atoms with van der Waals surface area (Å²) in [5.41, 5.74) is 7.25. The van der Waals surface area contributed by atoms with Crippen molar-refractivity contribution in [3.8, 4) is 0 Å². The average molecular weight is 426 g/mol. The lowest BCUT2D eigenvalue weighted by Crippen LogP contribution is -2.31. The highest BCUT2D eigenvalue weighted by molar-refractivity contribution is 5.75. The third-order valence-corrected chi connectivity index (χ3v) is 6.26. The first-order valence-corrected chi connectivity index (χ1v) is 10.9. The minimum absolute atomic E-state index is 0.0358. The SMILES string of the molecule is CC1CCCC(Nc2nc3cnc(NCC(F)(F)F)nc3n2C2CCC(N)CC2)C1. The Balaban J connectivity index is 1.65. The molecule has 2 fully saturated rings. The van der Waals surface area contributed by atoms with Crippen molar-refractivity contribution in [1.82, 2.24) is 19.5 Å². The largest absolute Gasteiger partial charge is 0.405 e. The number of hydrogen-bond donors (Lipinski definition) is 3. The zero-order valence-corrected chi connectivity index (χ0v) is 17.3. The van der Waals surface area contributed by atoms with Crippen LogP contribution in [0.15, 0.2) is 6.20 Å². The third-order valence-electron chi connectivity index (χ3n) is 6.26. The fourth-order valence-corrected chi connectivity index (χ4v) is 4.71. The maximum absolute atomic E-state index is 12.6. The molecule has 7 nitrogen and oxygen atoms in total. The monoisotopic (exact) mass is 425 g/mol. The number of aromatic nitrogens is 4. The number of halogens is 3. The zero-order valence-electron chi connectivity index (χ0n) is 17.3. The lowest BCUT2D eigenvalue weighted by molar-refractivity contribution is -0.115. The Morgan fingerprint density at radius 3 is 2.60 bits per heavy atom.